The molecule has 0 spiro atoms. The van der Waals surface area contributed by atoms with Crippen molar-refractivity contribution in [3.8, 4) is 11.1 Å². The van der Waals surface area contributed by atoms with Crippen LogP contribution in [-0.2, 0) is 29.1 Å². The van der Waals surface area contributed by atoms with Gasteiger partial charge in [-0.2, -0.15) is 0 Å². The van der Waals surface area contributed by atoms with Gasteiger partial charge in [-0.15, -0.1) is 0 Å². The zero-order valence-corrected chi connectivity index (χ0v) is 22.5. The molecule has 0 amide bonds. The fourth-order valence-electron chi connectivity index (χ4n) is 4.37. The number of fused-ring (bicyclic) bond motifs is 3. The normalized spacial score (nSPS) is 17.0. The third kappa shape index (κ3) is 4.91. The van der Waals surface area contributed by atoms with Gasteiger partial charge in [-0.25, -0.2) is 0 Å². The zero-order valence-electron chi connectivity index (χ0n) is 17.5. The number of allylic oxidation sites excluding steroid dienone is 3. The van der Waals surface area contributed by atoms with Crippen LogP contribution in [0.2, 0.25) is 19.6 Å². The molecule has 1 atom stereocenters. The average Bonchev–Trinajstić information content (AvgIpc) is 3.18. The molecule has 2 aromatic carbocycles. The van der Waals surface area contributed by atoms with Gasteiger partial charge in [-0.1, -0.05) is 0 Å². The Balaban J connectivity index is 0.00000150. The van der Waals surface area contributed by atoms with Crippen LogP contribution in [0.25, 0.3) is 16.7 Å². The molecule has 0 N–H and O–H groups in total. The van der Waals surface area contributed by atoms with Crippen molar-refractivity contribution in [3.63, 3.8) is 0 Å². The molecule has 0 saturated carbocycles. The molecule has 0 heterocycles. The number of benzene rings is 2. The van der Waals surface area contributed by atoms with Crippen LogP contribution in [0.4, 0.5) is 0 Å². The molecule has 0 fully saturated rings. The van der Waals surface area contributed by atoms with Crippen LogP contribution >= 0.6 is 0 Å². The standard InChI is InChI=1S/C24H27OSi.2ClH.Zr/c1-17-20-9-5-6-10-22(20)23-13-12-19(16-24(17)23)21-11-7-8-18(21)14-15-25-26(2,3)4;;;/h5-10,12-13,17H,11,14-15H2,1-4H3;2*1H;/q;;;+2/p-2. The zero-order chi connectivity index (χ0) is 19.2. The Labute approximate surface area is 203 Å². The van der Waals surface area contributed by atoms with Gasteiger partial charge in [0.05, 0.1) is 0 Å². The molecule has 5 heteroatoms. The van der Waals surface area contributed by atoms with E-state index in [9.17, 15) is 0 Å². The molecule has 4 rings (SSSR count). The maximum atomic E-state index is 6.12. The van der Waals surface area contributed by atoms with Gasteiger partial charge in [0.15, 0.2) is 0 Å². The van der Waals surface area contributed by atoms with Crippen LogP contribution in [0.15, 0.2) is 54.1 Å². The van der Waals surface area contributed by atoms with Crippen molar-refractivity contribution < 1.29 is 54.0 Å². The van der Waals surface area contributed by atoms with Crippen LogP contribution in [0.5, 0.6) is 0 Å². The summed E-state index contributed by atoms with van der Waals surface area (Å²) in [6, 6.07) is 13.6. The van der Waals surface area contributed by atoms with Crippen LogP contribution < -0.4 is 28.1 Å². The summed E-state index contributed by atoms with van der Waals surface area (Å²) in [7, 11) is -1.44. The summed E-state index contributed by atoms with van der Waals surface area (Å²) >= 11 is 1.52. The average molecular weight is 522 g/mol. The van der Waals surface area contributed by atoms with E-state index in [0.717, 1.165) is 19.4 Å². The second-order valence-corrected chi connectivity index (χ2v) is 14.3. The van der Waals surface area contributed by atoms with Gasteiger partial charge < -0.3 is 24.8 Å². The largest absolute Gasteiger partial charge is 1.00 e. The van der Waals surface area contributed by atoms with E-state index in [0.29, 0.717) is 5.92 Å². The van der Waals surface area contributed by atoms with Crippen molar-refractivity contribution >= 4 is 17.2 Å². The van der Waals surface area contributed by atoms with E-state index in [1.54, 1.807) is 8.83 Å². The predicted octanol–water partition coefficient (Wildman–Crippen LogP) is -0.0460. The van der Waals surface area contributed by atoms with Crippen molar-refractivity contribution in [2.75, 3.05) is 6.61 Å². The minimum Gasteiger partial charge on any atom is -1.00 e. The molecule has 0 bridgehead atoms. The van der Waals surface area contributed by atoms with Gasteiger partial charge in [0.25, 0.3) is 0 Å². The molecular formula is C24H27Cl2OSiZr. The first-order valence-electron chi connectivity index (χ1n) is 9.87. The molecule has 2 aromatic rings. The van der Waals surface area contributed by atoms with Gasteiger partial charge in [-0.3, -0.25) is 0 Å². The molecular weight excluding hydrogens is 494 g/mol. The summed E-state index contributed by atoms with van der Waals surface area (Å²) in [4.78, 5) is 0. The first-order valence-corrected chi connectivity index (χ1v) is 14.5. The number of hydrogen-bond acceptors (Lipinski definition) is 1. The maximum Gasteiger partial charge on any atom is -1.00 e. The van der Waals surface area contributed by atoms with Gasteiger partial charge in [0.1, 0.15) is 0 Å². The first kappa shape index (κ1) is 24.8. The molecule has 29 heavy (non-hydrogen) atoms. The number of hydrogen-bond donors (Lipinski definition) is 0. The Morgan fingerprint density at radius 1 is 1.00 bits per heavy atom. The second kappa shape index (κ2) is 9.79. The van der Waals surface area contributed by atoms with E-state index in [4.69, 9.17) is 4.43 Å². The third-order valence-electron chi connectivity index (χ3n) is 5.66. The molecule has 1 unspecified atom stereocenters. The van der Waals surface area contributed by atoms with Gasteiger partial charge in [0.2, 0.25) is 0 Å². The van der Waals surface area contributed by atoms with Crippen LogP contribution in [0.1, 0.15) is 42.4 Å². The van der Waals surface area contributed by atoms with Crippen molar-refractivity contribution in [1.82, 2.24) is 0 Å². The van der Waals surface area contributed by atoms with E-state index < -0.39 is 8.32 Å². The summed E-state index contributed by atoms with van der Waals surface area (Å²) in [5.41, 5.74) is 10.4. The minimum absolute atomic E-state index is 0. The van der Waals surface area contributed by atoms with E-state index in [-0.39, 0.29) is 24.8 Å². The van der Waals surface area contributed by atoms with E-state index >= 15 is 0 Å². The molecule has 2 aliphatic rings. The minimum atomic E-state index is -1.44. The fraction of sp³-hybridized carbons (Fsp3) is 0.333. The van der Waals surface area contributed by atoms with Crippen molar-refractivity contribution in [2.45, 2.75) is 45.3 Å². The van der Waals surface area contributed by atoms with Crippen LogP contribution in [0, 0.1) is 0 Å². The Kier molecular flexibility index (Phi) is 8.38. The summed E-state index contributed by atoms with van der Waals surface area (Å²) in [6.07, 6.45) is 6.73. The topological polar surface area (TPSA) is 9.23 Å². The van der Waals surface area contributed by atoms with Crippen LogP contribution in [-0.4, -0.2) is 14.9 Å². The van der Waals surface area contributed by atoms with Crippen molar-refractivity contribution in [3.05, 3.63) is 70.8 Å². The van der Waals surface area contributed by atoms with Crippen LogP contribution in [0.3, 0.4) is 0 Å². The monoisotopic (exact) mass is 519 g/mol. The second-order valence-electron chi connectivity index (χ2n) is 8.58. The molecule has 151 valence electrons. The van der Waals surface area contributed by atoms with Crippen molar-refractivity contribution in [2.24, 2.45) is 0 Å². The predicted molar refractivity (Wildman–Crippen MR) is 114 cm³/mol. The summed E-state index contributed by atoms with van der Waals surface area (Å²) in [6.45, 7) is 10.0. The van der Waals surface area contributed by atoms with Crippen molar-refractivity contribution in [1.29, 1.82) is 0 Å². The van der Waals surface area contributed by atoms with E-state index in [2.05, 4.69) is 75.1 Å². The third-order valence-corrected chi connectivity index (χ3v) is 8.05. The molecule has 1 nitrogen and oxygen atoms in total. The van der Waals surface area contributed by atoms with E-state index in [1.807, 2.05) is 0 Å². The summed E-state index contributed by atoms with van der Waals surface area (Å²) < 4.78 is 7.66. The Hall–Kier alpha value is -0.440. The molecule has 0 aliphatic heterocycles. The van der Waals surface area contributed by atoms with E-state index in [1.165, 1.54) is 58.1 Å². The molecule has 0 radical (unpaired) electrons. The quantitative estimate of drug-likeness (QED) is 0.502. The number of halogens is 2. The van der Waals surface area contributed by atoms with Gasteiger partial charge in [-0.05, 0) is 0 Å². The summed E-state index contributed by atoms with van der Waals surface area (Å²) in [5, 5.41) is 0. The smallest absolute Gasteiger partial charge is 1.00 e. The fourth-order valence-corrected chi connectivity index (χ4v) is 6.52. The Bertz CT molecular complexity index is 960. The Morgan fingerprint density at radius 2 is 1.69 bits per heavy atom. The SMILES string of the molecule is CC1c2ccccc2-c2ccc(C3=C(CCO[Si](C)(C)C)C=CC3)[c]([Zr+2])c21.[Cl-].[Cl-]. The Morgan fingerprint density at radius 3 is 2.41 bits per heavy atom. The van der Waals surface area contributed by atoms with Gasteiger partial charge >= 0.3 is 180 Å². The number of rotatable bonds is 5. The summed E-state index contributed by atoms with van der Waals surface area (Å²) in [5.74, 6) is 0.499. The first-order chi connectivity index (χ1) is 12.9. The van der Waals surface area contributed by atoms with Gasteiger partial charge in [0, 0.05) is 0 Å². The maximum absolute atomic E-state index is 6.12. The molecule has 0 aromatic heterocycles. The molecule has 2 aliphatic carbocycles. The molecule has 0 saturated heterocycles.